The zero-order valence-corrected chi connectivity index (χ0v) is 11.4. The molecular formula is C13H21NO2S. The van der Waals surface area contributed by atoms with Gasteiger partial charge < -0.3 is 14.8 Å². The highest BCUT2D eigenvalue weighted by Crippen LogP contribution is 2.18. The third kappa shape index (κ3) is 6.56. The van der Waals surface area contributed by atoms with E-state index in [1.165, 1.54) is 4.90 Å². The van der Waals surface area contributed by atoms with E-state index in [9.17, 15) is 0 Å². The average molecular weight is 255 g/mol. The number of benzene rings is 1. The van der Waals surface area contributed by atoms with Gasteiger partial charge >= 0.3 is 0 Å². The van der Waals surface area contributed by atoms with Crippen LogP contribution in [0.25, 0.3) is 0 Å². The van der Waals surface area contributed by atoms with E-state index in [2.05, 4.69) is 23.7 Å². The van der Waals surface area contributed by atoms with Crippen LogP contribution in [0.3, 0.4) is 0 Å². The summed E-state index contributed by atoms with van der Waals surface area (Å²) in [5.41, 5.74) is 0. The fourth-order valence-corrected chi connectivity index (χ4v) is 1.73. The number of nitrogens with one attached hydrogen (secondary N) is 1. The van der Waals surface area contributed by atoms with E-state index in [1.54, 1.807) is 11.8 Å². The smallest absolute Gasteiger partial charge is 0.119 e. The van der Waals surface area contributed by atoms with Crippen LogP contribution in [-0.2, 0) is 4.74 Å². The van der Waals surface area contributed by atoms with Crippen LogP contribution in [0, 0.1) is 0 Å². The minimum Gasteiger partial charge on any atom is -0.492 e. The molecule has 0 heterocycles. The Morgan fingerprint density at radius 1 is 1.12 bits per heavy atom. The van der Waals surface area contributed by atoms with Gasteiger partial charge in [-0.25, -0.2) is 0 Å². The van der Waals surface area contributed by atoms with Crippen LogP contribution in [0.2, 0.25) is 0 Å². The van der Waals surface area contributed by atoms with Crippen molar-refractivity contribution in [3.8, 4) is 5.75 Å². The number of rotatable bonds is 9. The summed E-state index contributed by atoms with van der Waals surface area (Å²) in [7, 11) is 0. The minimum absolute atomic E-state index is 0.685. The van der Waals surface area contributed by atoms with Gasteiger partial charge in [-0.1, -0.05) is 0 Å². The first-order valence-corrected chi connectivity index (χ1v) is 7.14. The van der Waals surface area contributed by atoms with Gasteiger partial charge in [-0.05, 0) is 37.4 Å². The molecule has 3 nitrogen and oxygen atoms in total. The third-order valence-corrected chi connectivity index (χ3v) is 2.98. The van der Waals surface area contributed by atoms with Crippen molar-refractivity contribution in [1.29, 1.82) is 0 Å². The first-order valence-electron chi connectivity index (χ1n) is 5.92. The Bertz CT molecular complexity index is 290. The van der Waals surface area contributed by atoms with Crippen molar-refractivity contribution in [2.24, 2.45) is 0 Å². The van der Waals surface area contributed by atoms with E-state index in [4.69, 9.17) is 9.47 Å². The summed E-state index contributed by atoms with van der Waals surface area (Å²) in [4.78, 5) is 1.26. The van der Waals surface area contributed by atoms with Crippen LogP contribution >= 0.6 is 11.8 Å². The average Bonchev–Trinajstić information content (AvgIpc) is 2.38. The Balaban J connectivity index is 2.05. The Kier molecular flexibility index (Phi) is 7.88. The molecule has 0 bridgehead atoms. The van der Waals surface area contributed by atoms with Crippen molar-refractivity contribution in [3.63, 3.8) is 0 Å². The van der Waals surface area contributed by atoms with E-state index >= 15 is 0 Å². The van der Waals surface area contributed by atoms with Crippen LogP contribution in [0.1, 0.15) is 6.92 Å². The SMILES string of the molecule is CCOCCNCCOc1ccc(SC)cc1. The van der Waals surface area contributed by atoms with Gasteiger partial charge in [0.25, 0.3) is 0 Å². The van der Waals surface area contributed by atoms with Crippen molar-refractivity contribution in [2.75, 3.05) is 39.2 Å². The zero-order chi connectivity index (χ0) is 12.3. The second-order valence-corrected chi connectivity index (χ2v) is 4.35. The lowest BCUT2D eigenvalue weighted by atomic mass is 10.3. The zero-order valence-electron chi connectivity index (χ0n) is 10.6. The highest BCUT2D eigenvalue weighted by atomic mass is 32.2. The fourth-order valence-electron chi connectivity index (χ4n) is 1.33. The highest BCUT2D eigenvalue weighted by molar-refractivity contribution is 7.98. The summed E-state index contributed by atoms with van der Waals surface area (Å²) in [6, 6.07) is 8.16. The van der Waals surface area contributed by atoms with Crippen LogP contribution < -0.4 is 10.1 Å². The van der Waals surface area contributed by atoms with Gasteiger partial charge in [-0.15, -0.1) is 11.8 Å². The van der Waals surface area contributed by atoms with E-state index in [-0.39, 0.29) is 0 Å². The Hall–Kier alpha value is -0.710. The normalized spacial score (nSPS) is 10.5. The first kappa shape index (κ1) is 14.4. The molecule has 17 heavy (non-hydrogen) atoms. The maximum Gasteiger partial charge on any atom is 0.119 e. The molecule has 1 rings (SSSR count). The molecule has 96 valence electrons. The summed E-state index contributed by atoms with van der Waals surface area (Å²) in [6.45, 7) is 5.95. The number of hydrogen-bond acceptors (Lipinski definition) is 4. The minimum atomic E-state index is 0.685. The molecule has 4 heteroatoms. The van der Waals surface area contributed by atoms with Gasteiger partial charge in [0.2, 0.25) is 0 Å². The van der Waals surface area contributed by atoms with Crippen molar-refractivity contribution in [1.82, 2.24) is 5.32 Å². The van der Waals surface area contributed by atoms with E-state index in [1.807, 2.05) is 19.1 Å². The van der Waals surface area contributed by atoms with Crippen molar-refractivity contribution in [2.45, 2.75) is 11.8 Å². The molecule has 0 fully saturated rings. The van der Waals surface area contributed by atoms with Gasteiger partial charge in [0, 0.05) is 24.6 Å². The predicted octanol–water partition coefficient (Wildman–Crippen LogP) is 2.41. The quantitative estimate of drug-likeness (QED) is 0.542. The fraction of sp³-hybridized carbons (Fsp3) is 0.538. The summed E-state index contributed by atoms with van der Waals surface area (Å²) in [5, 5.41) is 3.26. The van der Waals surface area contributed by atoms with Gasteiger partial charge in [0.15, 0.2) is 0 Å². The monoisotopic (exact) mass is 255 g/mol. The second-order valence-electron chi connectivity index (χ2n) is 3.47. The van der Waals surface area contributed by atoms with Crippen LogP contribution in [0.4, 0.5) is 0 Å². The van der Waals surface area contributed by atoms with Crippen molar-refractivity contribution in [3.05, 3.63) is 24.3 Å². The lowest BCUT2D eigenvalue weighted by Gasteiger charge is -2.08. The molecule has 0 aliphatic carbocycles. The van der Waals surface area contributed by atoms with Crippen molar-refractivity contribution < 1.29 is 9.47 Å². The molecule has 1 aromatic rings. The first-order chi connectivity index (χ1) is 8.36. The maximum absolute atomic E-state index is 5.60. The molecule has 0 radical (unpaired) electrons. The molecule has 0 aromatic heterocycles. The molecule has 0 aliphatic heterocycles. The van der Waals surface area contributed by atoms with E-state index in [0.29, 0.717) is 6.61 Å². The third-order valence-electron chi connectivity index (χ3n) is 2.23. The standard InChI is InChI=1S/C13H21NO2S/c1-3-15-10-8-14-9-11-16-12-4-6-13(17-2)7-5-12/h4-7,14H,3,8-11H2,1-2H3. The van der Waals surface area contributed by atoms with Crippen molar-refractivity contribution >= 4 is 11.8 Å². The number of hydrogen-bond donors (Lipinski definition) is 1. The summed E-state index contributed by atoms with van der Waals surface area (Å²) >= 11 is 1.74. The largest absolute Gasteiger partial charge is 0.492 e. The highest BCUT2D eigenvalue weighted by Gasteiger charge is 1.94. The predicted molar refractivity (Wildman–Crippen MR) is 73.1 cm³/mol. The van der Waals surface area contributed by atoms with Gasteiger partial charge in [0.05, 0.1) is 6.61 Å². The second kappa shape index (κ2) is 9.33. The van der Waals surface area contributed by atoms with Crippen LogP contribution in [-0.4, -0.2) is 39.2 Å². The maximum atomic E-state index is 5.60. The molecule has 0 unspecified atom stereocenters. The summed E-state index contributed by atoms with van der Waals surface area (Å²) < 4.78 is 10.8. The molecule has 0 saturated heterocycles. The van der Waals surface area contributed by atoms with Crippen LogP contribution in [0.5, 0.6) is 5.75 Å². The molecule has 0 amide bonds. The van der Waals surface area contributed by atoms with Crippen LogP contribution in [0.15, 0.2) is 29.2 Å². The van der Waals surface area contributed by atoms with Gasteiger partial charge in [-0.3, -0.25) is 0 Å². The van der Waals surface area contributed by atoms with Gasteiger partial charge in [-0.2, -0.15) is 0 Å². The number of thioether (sulfide) groups is 1. The molecule has 0 spiro atoms. The Labute approximate surface area is 108 Å². The lowest BCUT2D eigenvalue weighted by molar-refractivity contribution is 0.148. The summed E-state index contributed by atoms with van der Waals surface area (Å²) in [6.07, 6.45) is 2.07. The molecule has 1 N–H and O–H groups in total. The van der Waals surface area contributed by atoms with E-state index in [0.717, 1.165) is 32.1 Å². The Morgan fingerprint density at radius 3 is 2.47 bits per heavy atom. The molecule has 0 aliphatic rings. The molecule has 0 atom stereocenters. The topological polar surface area (TPSA) is 30.5 Å². The molecule has 1 aromatic carbocycles. The number of ether oxygens (including phenoxy) is 2. The lowest BCUT2D eigenvalue weighted by Crippen LogP contribution is -2.24. The molecular weight excluding hydrogens is 234 g/mol. The summed E-state index contributed by atoms with van der Waals surface area (Å²) in [5.74, 6) is 0.925. The van der Waals surface area contributed by atoms with E-state index < -0.39 is 0 Å². The molecule has 0 saturated carbocycles. The Morgan fingerprint density at radius 2 is 1.82 bits per heavy atom. The van der Waals surface area contributed by atoms with Gasteiger partial charge in [0.1, 0.15) is 12.4 Å².